The molecule has 0 N–H and O–H groups in total. The first-order valence-electron chi connectivity index (χ1n) is 10.8. The molecular formula is C30H18OS. The number of thiophene rings is 1. The first-order chi connectivity index (χ1) is 15.8. The molecule has 0 unspecified atom stereocenters. The molecule has 5 aromatic carbocycles. The molecule has 0 aliphatic heterocycles. The Morgan fingerprint density at radius 2 is 0.969 bits per heavy atom. The van der Waals surface area contributed by atoms with E-state index in [1.165, 1.54) is 42.4 Å². The molecule has 0 atom stereocenters. The van der Waals surface area contributed by atoms with Gasteiger partial charge in [-0.3, -0.25) is 0 Å². The molecule has 0 aliphatic rings. The van der Waals surface area contributed by atoms with Gasteiger partial charge in [-0.2, -0.15) is 0 Å². The number of hydrogen-bond acceptors (Lipinski definition) is 2. The van der Waals surface area contributed by atoms with E-state index < -0.39 is 0 Å². The van der Waals surface area contributed by atoms with Gasteiger partial charge in [0, 0.05) is 30.9 Å². The van der Waals surface area contributed by atoms with Crippen LogP contribution in [0.5, 0.6) is 0 Å². The van der Waals surface area contributed by atoms with Crippen LogP contribution < -0.4 is 0 Å². The molecule has 32 heavy (non-hydrogen) atoms. The first kappa shape index (κ1) is 17.8. The molecule has 2 heterocycles. The molecule has 0 saturated heterocycles. The smallest absolute Gasteiger partial charge is 0.135 e. The lowest BCUT2D eigenvalue weighted by Gasteiger charge is -2.06. The van der Waals surface area contributed by atoms with Gasteiger partial charge in [-0.1, -0.05) is 72.8 Å². The highest BCUT2D eigenvalue weighted by Gasteiger charge is 2.09. The fraction of sp³-hybridized carbons (Fsp3) is 0. The minimum Gasteiger partial charge on any atom is -0.456 e. The largest absolute Gasteiger partial charge is 0.456 e. The van der Waals surface area contributed by atoms with Crippen molar-refractivity contribution in [1.29, 1.82) is 0 Å². The number of hydrogen-bond donors (Lipinski definition) is 0. The molecule has 0 saturated carbocycles. The Balaban J connectivity index is 1.30. The molecule has 7 rings (SSSR count). The number of fused-ring (bicyclic) bond motifs is 6. The highest BCUT2D eigenvalue weighted by molar-refractivity contribution is 7.25. The maximum atomic E-state index is 5.98. The second-order valence-corrected chi connectivity index (χ2v) is 9.28. The lowest BCUT2D eigenvalue weighted by Crippen LogP contribution is -1.81. The summed E-state index contributed by atoms with van der Waals surface area (Å²) in [6, 6.07) is 39.0. The summed E-state index contributed by atoms with van der Waals surface area (Å²) in [5.74, 6) is 0. The van der Waals surface area contributed by atoms with Crippen LogP contribution in [0.25, 0.3) is 64.4 Å². The minimum absolute atomic E-state index is 0.933. The molecule has 0 aliphatic carbocycles. The molecule has 1 nitrogen and oxygen atoms in total. The van der Waals surface area contributed by atoms with Crippen molar-refractivity contribution in [3.8, 4) is 22.3 Å². The van der Waals surface area contributed by atoms with Crippen LogP contribution in [0.3, 0.4) is 0 Å². The van der Waals surface area contributed by atoms with Crippen LogP contribution in [0, 0.1) is 0 Å². The standard InChI is InChI=1S/C30H18OS/c1-3-7-27-23(5-1)25-17-21(13-15-28(25)31-27)19-9-11-20(12-10-19)22-14-16-30-26(18-22)24-6-2-4-8-29(24)32-30/h1-18H. The third-order valence-electron chi connectivity index (χ3n) is 6.30. The van der Waals surface area contributed by atoms with Crippen molar-refractivity contribution < 1.29 is 4.42 Å². The van der Waals surface area contributed by atoms with Crippen molar-refractivity contribution in [2.75, 3.05) is 0 Å². The van der Waals surface area contributed by atoms with Gasteiger partial charge in [0.1, 0.15) is 11.2 Å². The van der Waals surface area contributed by atoms with Gasteiger partial charge in [-0.25, -0.2) is 0 Å². The summed E-state index contributed by atoms with van der Waals surface area (Å²) in [4.78, 5) is 0. The quantitative estimate of drug-likeness (QED) is 0.268. The molecule has 0 spiro atoms. The van der Waals surface area contributed by atoms with Crippen LogP contribution in [0.15, 0.2) is 114 Å². The average molecular weight is 427 g/mol. The Kier molecular flexibility index (Phi) is 3.78. The predicted octanol–water partition coefficient (Wildman–Crippen LogP) is 9.29. The van der Waals surface area contributed by atoms with Gasteiger partial charge in [0.15, 0.2) is 0 Å². The zero-order chi connectivity index (χ0) is 21.1. The molecule has 0 amide bonds. The maximum absolute atomic E-state index is 5.98. The third-order valence-corrected chi connectivity index (χ3v) is 7.46. The van der Waals surface area contributed by atoms with Crippen LogP contribution >= 0.6 is 11.3 Å². The molecule has 2 heteroatoms. The summed E-state index contributed by atoms with van der Waals surface area (Å²) >= 11 is 1.86. The molecular weight excluding hydrogens is 408 g/mol. The van der Waals surface area contributed by atoms with E-state index in [9.17, 15) is 0 Å². The first-order valence-corrected chi connectivity index (χ1v) is 11.6. The van der Waals surface area contributed by atoms with E-state index in [0.29, 0.717) is 0 Å². The Hall–Kier alpha value is -3.88. The van der Waals surface area contributed by atoms with Gasteiger partial charge in [0.05, 0.1) is 0 Å². The topological polar surface area (TPSA) is 13.1 Å². The van der Waals surface area contributed by atoms with E-state index >= 15 is 0 Å². The molecule has 7 aromatic rings. The Morgan fingerprint density at radius 3 is 1.78 bits per heavy atom. The van der Waals surface area contributed by atoms with Gasteiger partial charge >= 0.3 is 0 Å². The van der Waals surface area contributed by atoms with Gasteiger partial charge in [-0.05, 0) is 58.7 Å². The SMILES string of the molecule is c1ccc2c(c1)oc1ccc(-c3ccc(-c4ccc5sc6ccccc6c5c4)cc3)cc12. The van der Waals surface area contributed by atoms with Gasteiger partial charge in [0.2, 0.25) is 0 Å². The van der Waals surface area contributed by atoms with Crippen molar-refractivity contribution in [2.24, 2.45) is 0 Å². The molecule has 0 fully saturated rings. The minimum atomic E-state index is 0.933. The lowest BCUT2D eigenvalue weighted by atomic mass is 9.98. The number of rotatable bonds is 2. The fourth-order valence-electron chi connectivity index (χ4n) is 4.67. The number of benzene rings is 5. The average Bonchev–Trinajstić information content (AvgIpc) is 3.41. The normalized spacial score (nSPS) is 11.8. The van der Waals surface area contributed by atoms with E-state index in [0.717, 1.165) is 21.9 Å². The lowest BCUT2D eigenvalue weighted by molar-refractivity contribution is 0.669. The van der Waals surface area contributed by atoms with E-state index in [2.05, 4.69) is 97.1 Å². The molecule has 2 aromatic heterocycles. The monoisotopic (exact) mass is 426 g/mol. The molecule has 0 bridgehead atoms. The van der Waals surface area contributed by atoms with Crippen LogP contribution in [0.4, 0.5) is 0 Å². The van der Waals surface area contributed by atoms with Gasteiger partial charge in [-0.15, -0.1) is 11.3 Å². The summed E-state index contributed by atoms with van der Waals surface area (Å²) < 4.78 is 8.66. The molecule has 0 radical (unpaired) electrons. The van der Waals surface area contributed by atoms with Crippen LogP contribution in [-0.2, 0) is 0 Å². The van der Waals surface area contributed by atoms with Crippen LogP contribution in [0.2, 0.25) is 0 Å². The maximum Gasteiger partial charge on any atom is 0.135 e. The number of para-hydroxylation sites is 1. The predicted molar refractivity (Wildman–Crippen MR) is 137 cm³/mol. The summed E-state index contributed by atoms with van der Waals surface area (Å²) in [5, 5.41) is 5.00. The zero-order valence-electron chi connectivity index (χ0n) is 17.2. The Morgan fingerprint density at radius 1 is 0.406 bits per heavy atom. The summed E-state index contributed by atoms with van der Waals surface area (Å²) in [6.07, 6.45) is 0. The Bertz CT molecular complexity index is 1630. The van der Waals surface area contributed by atoms with Crippen molar-refractivity contribution in [3.63, 3.8) is 0 Å². The van der Waals surface area contributed by atoms with Crippen molar-refractivity contribution in [1.82, 2.24) is 0 Å². The Labute approximate surface area is 189 Å². The van der Waals surface area contributed by atoms with Crippen molar-refractivity contribution >= 4 is 53.4 Å². The van der Waals surface area contributed by atoms with Gasteiger partial charge < -0.3 is 4.42 Å². The molecule has 150 valence electrons. The second-order valence-electron chi connectivity index (χ2n) is 8.20. The summed E-state index contributed by atoms with van der Waals surface area (Å²) in [7, 11) is 0. The highest BCUT2D eigenvalue weighted by Crippen LogP contribution is 2.37. The summed E-state index contributed by atoms with van der Waals surface area (Å²) in [6.45, 7) is 0. The van der Waals surface area contributed by atoms with E-state index in [1.807, 2.05) is 23.5 Å². The third kappa shape index (κ3) is 2.70. The second kappa shape index (κ2) is 6.81. The van der Waals surface area contributed by atoms with Crippen LogP contribution in [0.1, 0.15) is 0 Å². The van der Waals surface area contributed by atoms with E-state index in [4.69, 9.17) is 4.42 Å². The van der Waals surface area contributed by atoms with E-state index in [1.54, 1.807) is 0 Å². The van der Waals surface area contributed by atoms with E-state index in [-0.39, 0.29) is 0 Å². The number of furan rings is 1. The van der Waals surface area contributed by atoms with Crippen molar-refractivity contribution in [2.45, 2.75) is 0 Å². The fourth-order valence-corrected chi connectivity index (χ4v) is 5.75. The highest BCUT2D eigenvalue weighted by atomic mass is 32.1. The zero-order valence-corrected chi connectivity index (χ0v) is 18.0. The van der Waals surface area contributed by atoms with Gasteiger partial charge in [0.25, 0.3) is 0 Å². The van der Waals surface area contributed by atoms with Crippen molar-refractivity contribution in [3.05, 3.63) is 109 Å². The van der Waals surface area contributed by atoms with Crippen LogP contribution in [-0.4, -0.2) is 0 Å². The summed E-state index contributed by atoms with van der Waals surface area (Å²) in [5.41, 5.74) is 6.77.